The monoisotopic (exact) mass is 1680 g/mol. The SMILES string of the molecule is CCOC(=O)c1ncn2c1Cn1c(COC)nnc1-c1cc(CO)ccc1-2.COCc1nnc2n1Cc1c(C)ncn1-c1ccc(CO)cc1-2.COCc1nnc2n1Cc1c(CBr)ncn1-c1ccc(CO)cc1-2.COCc1nnc2n1Cc1c(CO)ncn1-c1ccc(CO)cc1-2.O=P(Br)(Br)Br. The number of aromatic nitrogens is 20. The summed E-state index contributed by atoms with van der Waals surface area (Å²) in [4.78, 5) is 29.9. The van der Waals surface area contributed by atoms with E-state index in [1.807, 2.05) is 111 Å². The number of methoxy groups -OCH3 is 4. The molecule has 103 heavy (non-hydrogen) atoms. The van der Waals surface area contributed by atoms with Crippen LogP contribution >= 0.6 is 65.6 Å². The molecule has 538 valence electrons. The molecule has 0 unspecified atom stereocenters. The van der Waals surface area contributed by atoms with Gasteiger partial charge in [0.25, 0.3) is 3.25 Å². The number of alkyl halides is 1. The van der Waals surface area contributed by atoms with Gasteiger partial charge >= 0.3 is 5.97 Å². The smallest absolute Gasteiger partial charge is 0.358 e. The Morgan fingerprint density at radius 2 is 0.757 bits per heavy atom. The fourth-order valence-corrected chi connectivity index (χ4v) is 12.9. The molecule has 0 fully saturated rings. The summed E-state index contributed by atoms with van der Waals surface area (Å²) >= 11 is 11.8. The van der Waals surface area contributed by atoms with Crippen molar-refractivity contribution in [2.75, 3.05) is 35.0 Å². The maximum atomic E-state index is 12.4. The predicted octanol–water partition coefficient (Wildman–Crippen LogP) is 8.68. The molecule has 0 aliphatic carbocycles. The van der Waals surface area contributed by atoms with E-state index in [1.54, 1.807) is 48.0 Å². The first-order valence-corrected chi connectivity index (χ1v) is 40.7. The Kier molecular flexibility index (Phi) is 23.6. The van der Waals surface area contributed by atoms with E-state index in [0.29, 0.717) is 86.0 Å². The van der Waals surface area contributed by atoms with Gasteiger partial charge in [0.1, 0.15) is 32.8 Å². The number of carbonyl (C=O) groups is 1. The Labute approximate surface area is 620 Å². The number of imidazole rings is 4. The van der Waals surface area contributed by atoms with Crippen molar-refractivity contribution in [3.8, 4) is 68.3 Å². The Balaban J connectivity index is 0.000000127. The Bertz CT molecular complexity index is 4950. The van der Waals surface area contributed by atoms with Gasteiger partial charge in [-0.15, -0.1) is 40.8 Å². The second kappa shape index (κ2) is 32.7. The van der Waals surface area contributed by atoms with E-state index in [2.05, 4.69) is 141 Å². The zero-order valence-corrected chi connectivity index (χ0v) is 63.6. The number of aliphatic hydroxyl groups excluding tert-OH is 5. The zero-order valence-electron chi connectivity index (χ0n) is 56.3. The fraction of sp³-hybridized carbons (Fsp3) is 0.318. The van der Waals surface area contributed by atoms with Crippen LogP contribution in [0.15, 0.2) is 98.1 Å². The van der Waals surface area contributed by atoms with Crippen LogP contribution in [-0.2, 0) is 119 Å². The van der Waals surface area contributed by atoms with Crippen LogP contribution in [0.25, 0.3) is 68.3 Å². The topological polar surface area (TPSA) is 376 Å². The van der Waals surface area contributed by atoms with Crippen molar-refractivity contribution in [1.82, 2.24) is 97.3 Å². The molecule has 16 rings (SSSR count). The van der Waals surface area contributed by atoms with Gasteiger partial charge in [0.05, 0.1) is 147 Å². The largest absolute Gasteiger partial charge is 0.461 e. The number of hydrogen-bond acceptors (Lipinski definition) is 24. The first-order valence-electron chi connectivity index (χ1n) is 31.8. The highest BCUT2D eigenvalue weighted by molar-refractivity contribution is 9.94. The molecule has 37 heteroatoms. The molecule has 0 amide bonds. The zero-order chi connectivity index (χ0) is 72.8. The number of ether oxygens (including phenoxy) is 5. The number of esters is 1. The van der Waals surface area contributed by atoms with E-state index in [9.17, 15) is 34.9 Å². The van der Waals surface area contributed by atoms with Gasteiger partial charge in [-0.2, -0.15) is 0 Å². The van der Waals surface area contributed by atoms with Gasteiger partial charge in [0.2, 0.25) is 0 Å². The highest BCUT2D eigenvalue weighted by Crippen LogP contribution is 2.68. The number of benzene rings is 4. The molecule has 8 aromatic heterocycles. The number of hydrogen-bond donors (Lipinski definition) is 5. The molecule has 12 heterocycles. The first-order chi connectivity index (χ1) is 49.9. The van der Waals surface area contributed by atoms with Gasteiger partial charge in [0, 0.05) is 102 Å². The Morgan fingerprint density at radius 3 is 1.10 bits per heavy atom. The lowest BCUT2D eigenvalue weighted by atomic mass is 10.1. The van der Waals surface area contributed by atoms with Crippen molar-refractivity contribution >= 4 is 71.6 Å². The highest BCUT2D eigenvalue weighted by Gasteiger charge is 2.32. The van der Waals surface area contributed by atoms with E-state index in [-0.39, 0.29) is 51.9 Å². The lowest BCUT2D eigenvalue weighted by Crippen LogP contribution is -2.13. The Hall–Kier alpha value is -8.46. The number of rotatable bonds is 16. The number of fused-ring (bicyclic) bond motifs is 20. The van der Waals surface area contributed by atoms with Gasteiger partial charge in [-0.05, 0) is 84.6 Å². The van der Waals surface area contributed by atoms with Crippen molar-refractivity contribution in [3.63, 3.8) is 0 Å². The molecule has 0 atom stereocenters. The first kappa shape index (κ1) is 74.3. The van der Waals surface area contributed by atoms with Gasteiger partial charge in [-0.3, -0.25) is 9.13 Å². The molecule has 4 aliphatic heterocycles. The summed E-state index contributed by atoms with van der Waals surface area (Å²) in [5.74, 6) is 5.32. The molecule has 0 bridgehead atoms. The van der Waals surface area contributed by atoms with E-state index < -0.39 is 9.22 Å². The standard InChI is InChI=1S/C18H19N5O4.C16H16BrN5O2.C16H17N5O3.C16H17N5O2.Br3OP/c1-3-27-18(25)16-14-7-22-15(9-26-2)20-21-17(22)12-6-11(8-24)4-5-13(12)23(14)10-19-16;1-24-8-15-19-20-16-11-4-10(7-23)2-3-13(11)22-9-18-12(5-17)14(22)6-21(15)16;1-24-8-15-18-19-16-11-4-10(6-22)2-3-13(11)21-9-17-12(7-23)14(21)5-20(15)16;1-10-14-6-20-15(8-23-2)18-19-16(20)12-5-11(7-22)3-4-13(12)21(14)9-17-10;1-5(2,3)4/h4-6,10,24H,3,7-9H2,1-2H3;2-4,9,23H,5-8H2,1H3;2-4,9,22-23H,5-8H2,1H3;3-5,9,22H,6-8H2,1-2H3;. The van der Waals surface area contributed by atoms with Crippen LogP contribution in [-0.4, -0.2) is 164 Å². The number of aliphatic hydroxyl groups is 5. The number of aryl methyl sites for hydroxylation is 1. The molecule has 32 nitrogen and oxygen atoms in total. The second-order valence-corrected chi connectivity index (χ2v) is 42.3. The summed E-state index contributed by atoms with van der Waals surface area (Å²) in [5, 5.41) is 82.6. The summed E-state index contributed by atoms with van der Waals surface area (Å²) in [6.07, 6.45) is 6.97. The minimum Gasteiger partial charge on any atom is -0.461 e. The van der Waals surface area contributed by atoms with Gasteiger partial charge in [0.15, 0.2) is 52.3 Å². The average Bonchev–Trinajstić information content (AvgIpc) is 1.63. The maximum Gasteiger partial charge on any atom is 0.358 e. The van der Waals surface area contributed by atoms with Crippen molar-refractivity contribution < 1.29 is 58.6 Å². The van der Waals surface area contributed by atoms with Crippen LogP contribution in [0.5, 0.6) is 0 Å². The van der Waals surface area contributed by atoms with Crippen LogP contribution < -0.4 is 0 Å². The highest BCUT2D eigenvalue weighted by atomic mass is 80.0. The predicted molar refractivity (Wildman–Crippen MR) is 387 cm³/mol. The minimum absolute atomic E-state index is 0.0117. The maximum absolute atomic E-state index is 12.4. The van der Waals surface area contributed by atoms with Crippen molar-refractivity contribution in [2.24, 2.45) is 0 Å². The number of nitrogens with zero attached hydrogens (tertiary/aromatic N) is 20. The van der Waals surface area contributed by atoms with Crippen molar-refractivity contribution in [3.05, 3.63) is 189 Å². The number of halogens is 4. The molecule has 12 aromatic rings. The van der Waals surface area contributed by atoms with Crippen LogP contribution in [0.4, 0.5) is 0 Å². The van der Waals surface area contributed by atoms with Crippen molar-refractivity contribution in [1.29, 1.82) is 0 Å². The molecule has 4 aromatic carbocycles. The molecule has 4 aliphatic rings. The van der Waals surface area contributed by atoms with Crippen LogP contribution in [0.3, 0.4) is 0 Å². The third kappa shape index (κ3) is 15.3. The summed E-state index contributed by atoms with van der Waals surface area (Å²) < 4.78 is 49.8. The summed E-state index contributed by atoms with van der Waals surface area (Å²) in [6, 6.07) is 23.0. The lowest BCUT2D eigenvalue weighted by molar-refractivity contribution is 0.0518. The van der Waals surface area contributed by atoms with Crippen molar-refractivity contribution in [2.45, 2.75) is 105 Å². The molecule has 0 spiro atoms. The van der Waals surface area contributed by atoms with E-state index >= 15 is 0 Å². The fourth-order valence-electron chi connectivity index (χ4n) is 12.4. The van der Waals surface area contributed by atoms with E-state index in [0.717, 1.165) is 119 Å². The number of carbonyl (C=O) groups excluding carboxylic acids is 1. The molecule has 0 radical (unpaired) electrons. The summed E-state index contributed by atoms with van der Waals surface area (Å²) in [5.41, 5.74) is 17.0. The van der Waals surface area contributed by atoms with E-state index in [1.165, 1.54) is 0 Å². The lowest BCUT2D eigenvalue weighted by Gasteiger charge is -2.10. The summed E-state index contributed by atoms with van der Waals surface area (Å²) in [6.45, 7) is 7.22. The third-order valence-corrected chi connectivity index (χ3v) is 17.7. The van der Waals surface area contributed by atoms with Gasteiger partial charge in [-0.1, -0.05) is 40.2 Å². The molecule has 0 saturated heterocycles. The average molecular weight is 1680 g/mol. The molecular formula is C66H69Br4N20O12P. The molecule has 0 saturated carbocycles. The normalized spacial score (nSPS) is 12.3. The van der Waals surface area contributed by atoms with Crippen LogP contribution in [0.2, 0.25) is 0 Å². The van der Waals surface area contributed by atoms with Gasteiger partial charge < -0.3 is 81.2 Å². The van der Waals surface area contributed by atoms with Gasteiger partial charge in [-0.25, -0.2) is 24.7 Å². The molecule has 5 N–H and O–H groups in total. The second-order valence-electron chi connectivity index (χ2n) is 23.4. The third-order valence-electron chi connectivity index (χ3n) is 17.2. The molecular weight excluding hydrogens is 1620 g/mol. The van der Waals surface area contributed by atoms with E-state index in [4.69, 9.17) is 23.7 Å². The Morgan fingerprint density at radius 1 is 0.447 bits per heavy atom. The van der Waals surface area contributed by atoms with Crippen LogP contribution in [0, 0.1) is 6.92 Å². The summed E-state index contributed by atoms with van der Waals surface area (Å²) in [7, 11) is 6.49. The quantitative estimate of drug-likeness (QED) is 0.0343. The van der Waals surface area contributed by atoms with Crippen LogP contribution in [0.1, 0.15) is 103 Å². The minimum atomic E-state index is -2.20.